The summed E-state index contributed by atoms with van der Waals surface area (Å²) in [5, 5.41) is 22.5. The van der Waals surface area contributed by atoms with E-state index in [9.17, 15) is 22.0 Å². The molecular weight excluding hydrogens is 347 g/mol. The van der Waals surface area contributed by atoms with Gasteiger partial charge in [0.05, 0.1) is 16.3 Å². The van der Waals surface area contributed by atoms with Crippen LogP contribution < -0.4 is 5.32 Å². The fourth-order valence-corrected chi connectivity index (χ4v) is 1.75. The largest absolute Gasteiger partial charge is 0.419 e. The average molecular weight is 351 g/mol. The highest BCUT2D eigenvalue weighted by atomic mass is 35.5. The number of halogens is 6. The van der Waals surface area contributed by atoms with E-state index in [4.69, 9.17) is 16.9 Å². The van der Waals surface area contributed by atoms with Gasteiger partial charge in [0.1, 0.15) is 11.6 Å². The van der Waals surface area contributed by atoms with Gasteiger partial charge in [-0.2, -0.15) is 23.6 Å². The number of aromatic nitrogens is 4. The smallest absolute Gasteiger partial charge is 0.357 e. The zero-order valence-corrected chi connectivity index (χ0v) is 11.5. The van der Waals surface area contributed by atoms with Crippen molar-refractivity contribution in [3.8, 4) is 6.07 Å². The van der Waals surface area contributed by atoms with Gasteiger partial charge in [-0.3, -0.25) is 0 Å². The maximum atomic E-state index is 13.8. The number of benzene rings is 1. The fourth-order valence-electron chi connectivity index (χ4n) is 1.50. The lowest BCUT2D eigenvalue weighted by Crippen LogP contribution is -2.11. The van der Waals surface area contributed by atoms with Gasteiger partial charge in [0.2, 0.25) is 5.82 Å². The number of nitrogens with one attached hydrogen (secondary N) is 2. The van der Waals surface area contributed by atoms with E-state index in [2.05, 4.69) is 25.9 Å². The summed E-state index contributed by atoms with van der Waals surface area (Å²) < 4.78 is 64.8. The Morgan fingerprint density at radius 1 is 1.35 bits per heavy atom. The minimum Gasteiger partial charge on any atom is -0.357 e. The molecule has 2 aromatic rings. The Morgan fingerprint density at radius 3 is 2.57 bits per heavy atom. The van der Waals surface area contributed by atoms with Gasteiger partial charge in [-0.1, -0.05) is 11.6 Å². The van der Waals surface area contributed by atoms with E-state index in [-0.39, 0.29) is 17.5 Å². The second kappa shape index (κ2) is 6.17. The highest BCUT2D eigenvalue weighted by molar-refractivity contribution is 6.33. The Bertz CT molecular complexity index is 793. The monoisotopic (exact) mass is 350 g/mol. The second-order valence-corrected chi connectivity index (χ2v) is 4.36. The topological polar surface area (TPSA) is 90.3 Å². The van der Waals surface area contributed by atoms with E-state index in [1.807, 2.05) is 0 Å². The third kappa shape index (κ3) is 3.37. The molecule has 0 aliphatic rings. The first-order valence-corrected chi connectivity index (χ1v) is 5.98. The number of aromatic amines is 1. The zero-order valence-electron chi connectivity index (χ0n) is 10.7. The Balaban J connectivity index is 2.42. The van der Waals surface area contributed by atoms with Crippen molar-refractivity contribution in [1.29, 1.82) is 5.26 Å². The first kappa shape index (κ1) is 16.6. The lowest BCUT2D eigenvalue weighted by Gasteiger charge is -2.13. The van der Waals surface area contributed by atoms with Crippen LogP contribution in [0.5, 0.6) is 0 Å². The van der Waals surface area contributed by atoms with Gasteiger partial charge < -0.3 is 5.32 Å². The molecule has 1 aromatic heterocycles. The standard InChI is InChI=1S/C11H4ClF5N6/c12-6-1-5(11(15,16)17)7(13)8(14)9(6)19-3-4(2-18)10-20-22-23-21-10/h1,3,19H,(H,20,21,22,23). The molecule has 23 heavy (non-hydrogen) atoms. The Kier molecular flexibility index (Phi) is 4.46. The van der Waals surface area contributed by atoms with Crippen LogP contribution in [-0.4, -0.2) is 20.6 Å². The maximum absolute atomic E-state index is 13.8. The first-order chi connectivity index (χ1) is 10.8. The highest BCUT2D eigenvalue weighted by Gasteiger charge is 2.37. The molecule has 0 fully saturated rings. The van der Waals surface area contributed by atoms with Gasteiger partial charge in [0.25, 0.3) is 0 Å². The van der Waals surface area contributed by atoms with Gasteiger partial charge in [0, 0.05) is 6.20 Å². The van der Waals surface area contributed by atoms with Gasteiger partial charge >= 0.3 is 6.18 Å². The average Bonchev–Trinajstić information content (AvgIpc) is 2.99. The van der Waals surface area contributed by atoms with Crippen LogP contribution in [0.4, 0.5) is 27.6 Å². The van der Waals surface area contributed by atoms with E-state index in [1.165, 1.54) is 0 Å². The molecule has 0 saturated carbocycles. The minimum atomic E-state index is -5.11. The summed E-state index contributed by atoms with van der Waals surface area (Å²) >= 11 is 5.53. The fraction of sp³-hybridized carbons (Fsp3) is 0.0909. The number of tetrazole rings is 1. The molecule has 6 nitrogen and oxygen atoms in total. The number of hydrogen-bond donors (Lipinski definition) is 2. The van der Waals surface area contributed by atoms with Crippen LogP contribution in [0.1, 0.15) is 11.4 Å². The molecule has 2 rings (SSSR count). The van der Waals surface area contributed by atoms with Crippen LogP contribution in [-0.2, 0) is 6.18 Å². The molecule has 1 heterocycles. The van der Waals surface area contributed by atoms with Crippen molar-refractivity contribution < 1.29 is 22.0 Å². The Morgan fingerprint density at radius 2 is 2.04 bits per heavy atom. The molecule has 120 valence electrons. The molecular formula is C11H4ClF5N6. The molecule has 0 atom stereocenters. The van der Waals surface area contributed by atoms with Crippen LogP contribution in [0.25, 0.3) is 5.57 Å². The summed E-state index contributed by atoms with van der Waals surface area (Å²) in [7, 11) is 0. The molecule has 0 aliphatic heterocycles. The first-order valence-electron chi connectivity index (χ1n) is 5.61. The van der Waals surface area contributed by atoms with E-state index >= 15 is 0 Å². The summed E-state index contributed by atoms with van der Waals surface area (Å²) in [5.74, 6) is -4.12. The normalized spacial score (nSPS) is 12.1. The predicted octanol–water partition coefficient (Wildman–Crippen LogP) is 3.13. The predicted molar refractivity (Wildman–Crippen MR) is 67.8 cm³/mol. The molecule has 0 spiro atoms. The van der Waals surface area contributed by atoms with Crippen LogP contribution in [0.3, 0.4) is 0 Å². The van der Waals surface area contributed by atoms with Crippen LogP contribution in [0.2, 0.25) is 5.02 Å². The van der Waals surface area contributed by atoms with E-state index in [1.54, 1.807) is 6.07 Å². The molecule has 0 radical (unpaired) electrons. The highest BCUT2D eigenvalue weighted by Crippen LogP contribution is 2.38. The Labute approximate surface area is 129 Å². The van der Waals surface area contributed by atoms with Crippen molar-refractivity contribution in [2.24, 2.45) is 0 Å². The molecule has 12 heteroatoms. The van der Waals surface area contributed by atoms with Crippen LogP contribution >= 0.6 is 11.6 Å². The number of allylic oxidation sites excluding steroid dienone is 1. The number of alkyl halides is 3. The van der Waals surface area contributed by atoms with Crippen molar-refractivity contribution in [2.75, 3.05) is 5.32 Å². The van der Waals surface area contributed by atoms with Gasteiger partial charge in [-0.15, -0.1) is 10.2 Å². The molecule has 0 aliphatic carbocycles. The summed E-state index contributed by atoms with van der Waals surface area (Å²) in [6.07, 6.45) is -4.26. The quantitative estimate of drug-likeness (QED) is 0.504. The van der Waals surface area contributed by atoms with E-state index in [0.717, 1.165) is 6.20 Å². The van der Waals surface area contributed by atoms with Crippen molar-refractivity contribution >= 4 is 22.9 Å². The van der Waals surface area contributed by atoms with Crippen molar-refractivity contribution in [1.82, 2.24) is 20.6 Å². The number of rotatable bonds is 3. The van der Waals surface area contributed by atoms with Crippen molar-refractivity contribution in [2.45, 2.75) is 6.18 Å². The number of nitrogens with zero attached hydrogens (tertiary/aromatic N) is 4. The van der Waals surface area contributed by atoms with Crippen molar-refractivity contribution in [3.05, 3.63) is 40.3 Å². The minimum absolute atomic E-state index is 0.163. The second-order valence-electron chi connectivity index (χ2n) is 3.96. The lowest BCUT2D eigenvalue weighted by molar-refractivity contribution is -0.140. The number of nitriles is 1. The molecule has 1 aromatic carbocycles. The van der Waals surface area contributed by atoms with Gasteiger partial charge in [0.15, 0.2) is 11.6 Å². The van der Waals surface area contributed by atoms with Gasteiger partial charge in [-0.25, -0.2) is 8.78 Å². The molecule has 0 saturated heterocycles. The van der Waals surface area contributed by atoms with E-state index < -0.39 is 34.1 Å². The van der Waals surface area contributed by atoms with Gasteiger partial charge in [-0.05, 0) is 11.3 Å². The summed E-state index contributed by atoms with van der Waals surface area (Å²) in [5.41, 5.74) is -2.85. The molecule has 0 amide bonds. The lowest BCUT2D eigenvalue weighted by atomic mass is 10.1. The third-order valence-electron chi connectivity index (χ3n) is 2.53. The van der Waals surface area contributed by atoms with E-state index in [0.29, 0.717) is 0 Å². The number of anilines is 1. The molecule has 0 bridgehead atoms. The number of H-pyrrole nitrogens is 1. The number of hydrogen-bond acceptors (Lipinski definition) is 5. The Hall–Kier alpha value is -2.74. The SMILES string of the molecule is N#CC(=CNc1c(Cl)cc(C(F)(F)F)c(F)c1F)c1nn[nH]n1. The zero-order chi connectivity index (χ0) is 17.2. The molecule has 2 N–H and O–H groups in total. The summed E-state index contributed by atoms with van der Waals surface area (Å²) in [6, 6.07) is 1.87. The maximum Gasteiger partial charge on any atom is 0.419 e. The summed E-state index contributed by atoms with van der Waals surface area (Å²) in [4.78, 5) is 0. The third-order valence-corrected chi connectivity index (χ3v) is 2.83. The van der Waals surface area contributed by atoms with Crippen molar-refractivity contribution in [3.63, 3.8) is 0 Å². The summed E-state index contributed by atoms with van der Waals surface area (Å²) in [6.45, 7) is 0. The molecule has 0 unspecified atom stereocenters. The van der Waals surface area contributed by atoms with Crippen LogP contribution in [0.15, 0.2) is 12.3 Å². The van der Waals surface area contributed by atoms with Crippen LogP contribution in [0, 0.1) is 23.0 Å².